The van der Waals surface area contributed by atoms with E-state index in [1.54, 1.807) is 12.1 Å². The molecule has 0 saturated carbocycles. The highest BCUT2D eigenvalue weighted by atomic mass is 16.6. The number of nitrogens with zero attached hydrogens (tertiary/aromatic N) is 1. The Hall–Kier alpha value is -2.20. The number of non-ortho nitro benzene ring substituents is 1. The summed E-state index contributed by atoms with van der Waals surface area (Å²) in [4.78, 5) is 10.7. The van der Waals surface area contributed by atoms with Crippen molar-refractivity contribution in [2.45, 2.75) is 33.7 Å². The SMILES string of the molecule is Cc1ccc(C(N)c2cc([N+](=O)[O-])cc(C)c2C)c(C)c1. The molecule has 0 aliphatic carbocycles. The predicted molar refractivity (Wildman–Crippen MR) is 84.5 cm³/mol. The van der Waals surface area contributed by atoms with Gasteiger partial charge in [-0.25, -0.2) is 0 Å². The lowest BCUT2D eigenvalue weighted by atomic mass is 9.90. The van der Waals surface area contributed by atoms with E-state index in [1.807, 2.05) is 39.8 Å². The lowest BCUT2D eigenvalue weighted by Gasteiger charge is -2.19. The van der Waals surface area contributed by atoms with Crippen molar-refractivity contribution in [3.05, 3.63) is 73.8 Å². The zero-order valence-electron chi connectivity index (χ0n) is 12.8. The number of nitro groups is 1. The molecule has 110 valence electrons. The molecule has 1 atom stereocenters. The van der Waals surface area contributed by atoms with Crippen molar-refractivity contribution in [1.29, 1.82) is 0 Å². The average Bonchev–Trinajstić information content (AvgIpc) is 2.40. The highest BCUT2D eigenvalue weighted by Crippen LogP contribution is 2.30. The van der Waals surface area contributed by atoms with Gasteiger partial charge in [-0.15, -0.1) is 0 Å². The van der Waals surface area contributed by atoms with Gasteiger partial charge in [0.25, 0.3) is 5.69 Å². The van der Waals surface area contributed by atoms with Crippen LogP contribution in [0.2, 0.25) is 0 Å². The molecule has 0 aliphatic rings. The smallest absolute Gasteiger partial charge is 0.270 e. The standard InChI is InChI=1S/C17H20N2O2/c1-10-5-6-15(12(3)7-10)17(18)16-9-14(19(20)21)8-11(2)13(16)4/h5-9,17H,18H2,1-4H3. The van der Waals surface area contributed by atoms with Crippen LogP contribution in [-0.2, 0) is 0 Å². The highest BCUT2D eigenvalue weighted by molar-refractivity contribution is 5.49. The number of hydrogen-bond acceptors (Lipinski definition) is 3. The molecule has 0 saturated heterocycles. The first-order valence-electron chi connectivity index (χ1n) is 6.89. The summed E-state index contributed by atoms with van der Waals surface area (Å²) in [6.07, 6.45) is 0. The molecule has 0 aliphatic heterocycles. The number of nitrogens with two attached hydrogens (primary N) is 1. The molecule has 2 rings (SSSR count). The maximum Gasteiger partial charge on any atom is 0.270 e. The Labute approximate surface area is 124 Å². The van der Waals surface area contributed by atoms with E-state index in [9.17, 15) is 10.1 Å². The van der Waals surface area contributed by atoms with E-state index in [0.717, 1.165) is 27.8 Å². The van der Waals surface area contributed by atoms with Gasteiger partial charge >= 0.3 is 0 Å². The van der Waals surface area contributed by atoms with E-state index in [1.165, 1.54) is 5.56 Å². The third-order valence-electron chi connectivity index (χ3n) is 4.00. The third-order valence-corrected chi connectivity index (χ3v) is 4.00. The normalized spacial score (nSPS) is 12.2. The molecule has 1 unspecified atom stereocenters. The van der Waals surface area contributed by atoms with Gasteiger partial charge < -0.3 is 5.73 Å². The molecule has 0 bridgehead atoms. The van der Waals surface area contributed by atoms with E-state index in [2.05, 4.69) is 6.07 Å². The van der Waals surface area contributed by atoms with Crippen LogP contribution in [0.5, 0.6) is 0 Å². The number of nitro benzene ring substituents is 1. The monoisotopic (exact) mass is 284 g/mol. The van der Waals surface area contributed by atoms with Crippen LogP contribution in [0.3, 0.4) is 0 Å². The highest BCUT2D eigenvalue weighted by Gasteiger charge is 2.19. The van der Waals surface area contributed by atoms with Crippen LogP contribution in [0.15, 0.2) is 30.3 Å². The van der Waals surface area contributed by atoms with E-state index >= 15 is 0 Å². The van der Waals surface area contributed by atoms with Crippen LogP contribution in [-0.4, -0.2) is 4.92 Å². The van der Waals surface area contributed by atoms with Crippen molar-refractivity contribution in [2.75, 3.05) is 0 Å². The molecule has 4 heteroatoms. The summed E-state index contributed by atoms with van der Waals surface area (Å²) < 4.78 is 0. The Bertz CT molecular complexity index is 708. The van der Waals surface area contributed by atoms with Gasteiger partial charge in [0.05, 0.1) is 11.0 Å². The molecule has 2 aromatic carbocycles. The Kier molecular flexibility index (Phi) is 4.09. The second-order valence-corrected chi connectivity index (χ2v) is 5.57. The second kappa shape index (κ2) is 5.66. The zero-order chi connectivity index (χ0) is 15.7. The number of benzene rings is 2. The van der Waals surface area contributed by atoms with Crippen LogP contribution in [0, 0.1) is 37.8 Å². The molecule has 0 amide bonds. The van der Waals surface area contributed by atoms with E-state index in [4.69, 9.17) is 5.73 Å². The molecule has 4 nitrogen and oxygen atoms in total. The molecule has 2 N–H and O–H groups in total. The van der Waals surface area contributed by atoms with Crippen molar-refractivity contribution in [2.24, 2.45) is 5.73 Å². The largest absolute Gasteiger partial charge is 0.320 e. The van der Waals surface area contributed by atoms with Gasteiger partial charge in [0.15, 0.2) is 0 Å². The summed E-state index contributed by atoms with van der Waals surface area (Å²) in [5.74, 6) is 0. The van der Waals surface area contributed by atoms with E-state index in [0.29, 0.717) is 0 Å². The summed E-state index contributed by atoms with van der Waals surface area (Å²) in [6.45, 7) is 7.88. The first kappa shape index (κ1) is 15.2. The Balaban J connectivity index is 2.57. The number of rotatable bonds is 3. The minimum absolute atomic E-state index is 0.0910. The first-order valence-corrected chi connectivity index (χ1v) is 6.89. The van der Waals surface area contributed by atoms with Crippen molar-refractivity contribution in [1.82, 2.24) is 0 Å². The lowest BCUT2D eigenvalue weighted by Crippen LogP contribution is -2.15. The van der Waals surface area contributed by atoms with Crippen molar-refractivity contribution in [3.8, 4) is 0 Å². The van der Waals surface area contributed by atoms with Crippen molar-refractivity contribution in [3.63, 3.8) is 0 Å². The van der Waals surface area contributed by atoms with E-state index < -0.39 is 0 Å². The van der Waals surface area contributed by atoms with Crippen LogP contribution in [0.4, 0.5) is 5.69 Å². The van der Waals surface area contributed by atoms with Gasteiger partial charge in [0.1, 0.15) is 0 Å². The van der Waals surface area contributed by atoms with Gasteiger partial charge in [-0.1, -0.05) is 23.8 Å². The minimum atomic E-state index is -0.370. The molecular formula is C17H20N2O2. The van der Waals surface area contributed by atoms with Crippen LogP contribution >= 0.6 is 0 Å². The quantitative estimate of drug-likeness (QED) is 0.687. The maximum atomic E-state index is 11.1. The first-order chi connectivity index (χ1) is 9.81. The van der Waals surface area contributed by atoms with Crippen LogP contribution in [0.1, 0.15) is 39.4 Å². The molecule has 21 heavy (non-hydrogen) atoms. The molecule has 2 aromatic rings. The number of aryl methyl sites for hydroxylation is 3. The van der Waals surface area contributed by atoms with Crippen molar-refractivity contribution >= 4 is 5.69 Å². The second-order valence-electron chi connectivity index (χ2n) is 5.57. The van der Waals surface area contributed by atoms with Gasteiger partial charge in [-0.3, -0.25) is 10.1 Å². The zero-order valence-corrected chi connectivity index (χ0v) is 12.8. The molecule has 0 aromatic heterocycles. The van der Waals surface area contributed by atoms with E-state index in [-0.39, 0.29) is 16.7 Å². The molecule has 0 fully saturated rings. The summed E-state index contributed by atoms with van der Waals surface area (Å²) >= 11 is 0. The Morgan fingerprint density at radius 2 is 1.67 bits per heavy atom. The predicted octanol–water partition coefficient (Wildman–Crippen LogP) is 3.88. The van der Waals surface area contributed by atoms with Crippen LogP contribution in [0.25, 0.3) is 0 Å². The number of hydrogen-bond donors (Lipinski definition) is 1. The molecule has 0 spiro atoms. The Morgan fingerprint density at radius 1 is 1.00 bits per heavy atom. The fourth-order valence-corrected chi connectivity index (χ4v) is 2.64. The Morgan fingerprint density at radius 3 is 2.24 bits per heavy atom. The summed E-state index contributed by atoms with van der Waals surface area (Å²) in [5, 5.41) is 11.1. The fraction of sp³-hybridized carbons (Fsp3) is 0.294. The summed E-state index contributed by atoms with van der Waals surface area (Å²) in [6, 6.07) is 8.92. The van der Waals surface area contributed by atoms with Crippen molar-refractivity contribution < 1.29 is 4.92 Å². The van der Waals surface area contributed by atoms with Gasteiger partial charge in [0, 0.05) is 12.1 Å². The third kappa shape index (κ3) is 2.95. The van der Waals surface area contributed by atoms with Gasteiger partial charge in [-0.2, -0.15) is 0 Å². The molecule has 0 heterocycles. The van der Waals surface area contributed by atoms with Gasteiger partial charge in [-0.05, 0) is 55.5 Å². The molecule has 0 radical (unpaired) electrons. The average molecular weight is 284 g/mol. The summed E-state index contributed by atoms with van der Waals surface area (Å²) in [5.41, 5.74) is 12.5. The maximum absolute atomic E-state index is 11.1. The minimum Gasteiger partial charge on any atom is -0.320 e. The topological polar surface area (TPSA) is 69.2 Å². The lowest BCUT2D eigenvalue weighted by molar-refractivity contribution is -0.385. The van der Waals surface area contributed by atoms with Gasteiger partial charge in [0.2, 0.25) is 0 Å². The fourth-order valence-electron chi connectivity index (χ4n) is 2.64. The van der Waals surface area contributed by atoms with Crippen LogP contribution < -0.4 is 5.73 Å². The molecular weight excluding hydrogens is 264 g/mol. The summed E-state index contributed by atoms with van der Waals surface area (Å²) in [7, 11) is 0.